The molecule has 0 N–H and O–H groups in total. The molecule has 0 unspecified atom stereocenters. The molecule has 0 spiro atoms. The number of aromatic nitrogens is 2. The second-order valence-corrected chi connectivity index (χ2v) is 8.03. The van der Waals surface area contributed by atoms with Crippen molar-refractivity contribution in [2.45, 2.75) is 51.9 Å². The Morgan fingerprint density at radius 2 is 1.92 bits per heavy atom. The van der Waals surface area contributed by atoms with E-state index in [-0.39, 0.29) is 45.6 Å². The van der Waals surface area contributed by atoms with Gasteiger partial charge in [0.25, 0.3) is 0 Å². The number of thiol groups is 1. The van der Waals surface area contributed by atoms with Crippen LogP contribution in [0.15, 0.2) is 36.7 Å². The Morgan fingerprint density at radius 1 is 1.23 bits per heavy atom. The van der Waals surface area contributed by atoms with E-state index in [9.17, 15) is 0 Å². The van der Waals surface area contributed by atoms with Gasteiger partial charge in [0.2, 0.25) is 0 Å². The smallest absolute Gasteiger partial charge is 0.0348 e. The van der Waals surface area contributed by atoms with Gasteiger partial charge in [-0.05, 0) is 27.7 Å². The second-order valence-electron chi connectivity index (χ2n) is 7.20. The molecule has 0 saturated carbocycles. The predicted molar refractivity (Wildman–Crippen MR) is 110 cm³/mol. The summed E-state index contributed by atoms with van der Waals surface area (Å²) in [5, 5.41) is 4.44. The number of rotatable bonds is 5. The Hall–Kier alpha value is -0.0830. The van der Waals surface area contributed by atoms with Gasteiger partial charge in [-0.1, -0.05) is 0 Å². The standard InChI is InChI=1S/C17H23BN2O3PS.Tl/c1-16(2)17(3,4)23-18(22-16)14-11-19-20(12-14)9-8-13-6-5-7-15(10-13)21-25-24;/h5-7,10-12,25H,8-9H2,1-4H3;/q-1;. The van der Waals surface area contributed by atoms with Crippen molar-refractivity contribution in [2.24, 2.45) is 0 Å². The van der Waals surface area contributed by atoms with Gasteiger partial charge in [-0.15, -0.1) is 0 Å². The Morgan fingerprint density at radius 3 is 2.58 bits per heavy atom. The predicted octanol–water partition coefficient (Wildman–Crippen LogP) is 2.48. The van der Waals surface area contributed by atoms with Crippen LogP contribution in [0.4, 0.5) is 0 Å². The molecule has 1 aromatic heterocycles. The monoisotopic (exact) mass is 582 g/mol. The van der Waals surface area contributed by atoms with E-state index < -0.39 is 0 Å². The molecule has 2 aromatic rings. The van der Waals surface area contributed by atoms with Crippen LogP contribution in [-0.4, -0.2) is 55.4 Å². The molecule has 137 valence electrons. The van der Waals surface area contributed by atoms with Crippen LogP contribution < -0.4 is 9.65 Å². The summed E-state index contributed by atoms with van der Waals surface area (Å²) in [6.07, 6.45) is 4.68. The van der Waals surface area contributed by atoms with Crippen LogP contribution in [0, 0.1) is 0 Å². The molecule has 0 amide bonds. The quantitative estimate of drug-likeness (QED) is 0.236. The fourth-order valence-electron chi connectivity index (χ4n) is 2.65. The summed E-state index contributed by atoms with van der Waals surface area (Å²) in [5.41, 5.74) is 1.46. The first-order valence-electron chi connectivity index (χ1n) is 8.29. The summed E-state index contributed by atoms with van der Waals surface area (Å²) >= 11 is 0.598. The van der Waals surface area contributed by atoms with Crippen LogP contribution in [0.3, 0.4) is 0 Å². The van der Waals surface area contributed by atoms with Crippen molar-refractivity contribution < 1.29 is 13.5 Å². The first-order valence-corrected chi connectivity index (χ1v) is 10.3. The molecule has 1 radical (unpaired) electrons. The van der Waals surface area contributed by atoms with Crippen LogP contribution >= 0.6 is 7.81 Å². The van der Waals surface area contributed by atoms with Gasteiger partial charge in [0.05, 0.1) is 11.2 Å². The molecular formula is C17H23BN2O3PSTl-. The molecule has 5 nitrogen and oxygen atoms in total. The minimum Gasteiger partial charge on any atom is -0.0348 e. The maximum absolute atomic E-state index is 6.07. The van der Waals surface area contributed by atoms with E-state index >= 15 is 0 Å². The van der Waals surface area contributed by atoms with Gasteiger partial charge in [0, 0.05) is 27.3 Å². The zero-order valence-electron chi connectivity index (χ0n) is 15.5. The van der Waals surface area contributed by atoms with Crippen molar-refractivity contribution in [1.82, 2.24) is 9.78 Å². The van der Waals surface area contributed by atoms with Gasteiger partial charge < -0.3 is 0 Å². The molecule has 0 aliphatic carbocycles. The molecule has 0 bridgehead atoms. The Labute approximate surface area is 181 Å². The molecule has 1 aliphatic rings. The van der Waals surface area contributed by atoms with E-state index in [0.717, 1.165) is 24.2 Å². The second kappa shape index (κ2) is 8.95. The van der Waals surface area contributed by atoms with E-state index in [0.29, 0.717) is 11.0 Å². The fourth-order valence-corrected chi connectivity index (χ4v) is 3.14. The minimum atomic E-state index is -0.370. The molecule has 2 heterocycles. The van der Waals surface area contributed by atoms with Crippen LogP contribution in [0.2, 0.25) is 0 Å². The number of nitrogens with zero attached hydrogens (tertiary/aromatic N) is 2. The van der Waals surface area contributed by atoms with Crippen LogP contribution in [0.25, 0.3) is 0 Å². The van der Waals surface area contributed by atoms with E-state index in [2.05, 4.69) is 46.7 Å². The molecular weight excluding hydrogens is 558 g/mol. The summed E-state index contributed by atoms with van der Waals surface area (Å²) in [4.78, 5) is 0. The van der Waals surface area contributed by atoms with Gasteiger partial charge >= 0.3 is 116 Å². The van der Waals surface area contributed by atoms with Crippen molar-refractivity contribution in [3.63, 3.8) is 0 Å². The molecule has 1 fully saturated rings. The summed E-state index contributed by atoms with van der Waals surface area (Å²) in [5.74, 6) is 0.826. The normalized spacial score (nSPS) is 17.7. The van der Waals surface area contributed by atoms with Gasteiger partial charge in [0.15, 0.2) is 0 Å². The fraction of sp³-hybridized carbons (Fsp3) is 0.471. The molecule has 1 aliphatic heterocycles. The molecule has 1 aromatic carbocycles. The third kappa shape index (κ3) is 5.04. The number of hydrogen-bond donors (Lipinski definition) is 0. The van der Waals surface area contributed by atoms with Crippen molar-refractivity contribution in [1.29, 1.82) is 0 Å². The van der Waals surface area contributed by atoms with Crippen LogP contribution in [-0.2, 0) is 33.3 Å². The number of aryl methyl sites for hydroxylation is 2. The third-order valence-electron chi connectivity index (χ3n) is 4.85. The zero-order chi connectivity index (χ0) is 18.1. The summed E-state index contributed by atoms with van der Waals surface area (Å²) in [6.45, 7) is 8.99. The molecule has 3 rings (SSSR count). The Balaban J connectivity index is 0.00000243. The third-order valence-corrected chi connectivity index (χ3v) is 5.39. The molecule has 9 heteroatoms. The van der Waals surface area contributed by atoms with E-state index in [4.69, 9.17) is 13.5 Å². The first-order chi connectivity index (χ1) is 11.8. The topological polar surface area (TPSA) is 45.5 Å². The van der Waals surface area contributed by atoms with Gasteiger partial charge in [-0.2, -0.15) is 0 Å². The van der Waals surface area contributed by atoms with Gasteiger partial charge in [-0.3, -0.25) is 0 Å². The minimum absolute atomic E-state index is 0. The SMILES string of the molecule is CC1(C)OB(c2cnn(CCc3cccc(O[SH-]#P)c3)c2)OC1(C)C.[Tl]. The van der Waals surface area contributed by atoms with E-state index in [1.807, 2.05) is 35.3 Å². The molecule has 26 heavy (non-hydrogen) atoms. The van der Waals surface area contributed by atoms with Crippen LogP contribution in [0.1, 0.15) is 33.3 Å². The number of benzene rings is 1. The zero-order valence-corrected chi connectivity index (χ0v) is 21.8. The average Bonchev–Trinajstić information content (AvgIpc) is 3.09. The summed E-state index contributed by atoms with van der Waals surface area (Å²) in [7, 11) is 3.69. The number of hydrogen-bond acceptors (Lipinski definition) is 5. The summed E-state index contributed by atoms with van der Waals surface area (Å²) < 4.78 is 19.4. The van der Waals surface area contributed by atoms with Crippen LogP contribution in [0.5, 0.6) is 5.75 Å². The average molecular weight is 582 g/mol. The van der Waals surface area contributed by atoms with Crippen molar-refractivity contribution >= 4 is 58.7 Å². The van der Waals surface area contributed by atoms with Gasteiger partial charge in [-0.25, -0.2) is 0 Å². The molecule has 1 saturated heterocycles. The van der Waals surface area contributed by atoms with Crippen molar-refractivity contribution in [3.8, 4) is 5.75 Å². The molecule has 0 atom stereocenters. The Bertz CT molecular complexity index is 793. The van der Waals surface area contributed by atoms with E-state index in [1.54, 1.807) is 0 Å². The van der Waals surface area contributed by atoms with Gasteiger partial charge in [0.1, 0.15) is 0 Å². The van der Waals surface area contributed by atoms with E-state index in [1.165, 1.54) is 5.56 Å². The maximum atomic E-state index is 6.07. The first kappa shape index (κ1) is 22.2. The summed E-state index contributed by atoms with van der Waals surface area (Å²) in [6, 6.07) is 8.03. The van der Waals surface area contributed by atoms with Crippen molar-refractivity contribution in [3.05, 3.63) is 42.2 Å². The van der Waals surface area contributed by atoms with Crippen molar-refractivity contribution in [2.75, 3.05) is 0 Å². The Kier molecular flexibility index (Phi) is 7.64.